The van der Waals surface area contributed by atoms with Crippen LogP contribution in [0.2, 0.25) is 0 Å². The molecule has 2 fully saturated rings. The van der Waals surface area contributed by atoms with Gasteiger partial charge in [-0.05, 0) is 54.2 Å². The quantitative estimate of drug-likeness (QED) is 0.0552. The van der Waals surface area contributed by atoms with Crippen LogP contribution in [-0.2, 0) is 23.8 Å². The minimum atomic E-state index is -0.726. The summed E-state index contributed by atoms with van der Waals surface area (Å²) in [6.07, 6.45) is 5.44. The van der Waals surface area contributed by atoms with Crippen LogP contribution in [0.5, 0.6) is 0 Å². The first kappa shape index (κ1) is 45.6. The van der Waals surface area contributed by atoms with Crippen LogP contribution in [0.1, 0.15) is 87.6 Å². The maximum atomic E-state index is 13.7. The zero-order chi connectivity index (χ0) is 46.8. The molecule has 4 aromatic heterocycles. The number of amides is 4. The number of esters is 1. The molecule has 8 rings (SSSR count). The average molecular weight is 918 g/mol. The van der Waals surface area contributed by atoms with E-state index < -0.39 is 30.2 Å². The van der Waals surface area contributed by atoms with Crippen LogP contribution < -0.4 is 10.6 Å². The third-order valence-electron chi connectivity index (χ3n) is 12.6. The van der Waals surface area contributed by atoms with Gasteiger partial charge in [0.25, 0.3) is 0 Å². The number of ether oxygens (including phenoxy) is 3. The molecule has 1 unspecified atom stereocenters. The van der Waals surface area contributed by atoms with Crippen molar-refractivity contribution in [2.75, 3.05) is 34.4 Å². The molecule has 66 heavy (non-hydrogen) atoms. The Morgan fingerprint density at radius 2 is 1.26 bits per heavy atom. The van der Waals surface area contributed by atoms with Gasteiger partial charge >= 0.3 is 18.2 Å². The lowest BCUT2D eigenvalue weighted by Crippen LogP contribution is -2.51. The van der Waals surface area contributed by atoms with Gasteiger partial charge in [0, 0.05) is 41.4 Å². The van der Waals surface area contributed by atoms with Crippen LogP contribution in [-0.4, -0.2) is 111 Å². The van der Waals surface area contributed by atoms with Crippen molar-refractivity contribution in [3.8, 4) is 44.8 Å². The second kappa shape index (κ2) is 19.3. The van der Waals surface area contributed by atoms with E-state index in [1.807, 2.05) is 82.4 Å². The van der Waals surface area contributed by atoms with Crippen molar-refractivity contribution in [2.45, 2.75) is 77.5 Å². The highest BCUT2D eigenvalue weighted by Gasteiger charge is 2.39. The van der Waals surface area contributed by atoms with Gasteiger partial charge in [0.05, 0.1) is 61.2 Å². The van der Waals surface area contributed by atoms with Crippen molar-refractivity contribution in [1.29, 1.82) is 0 Å². The minimum Gasteiger partial charge on any atom is -0.464 e. The fourth-order valence-electron chi connectivity index (χ4n) is 9.04. The maximum absolute atomic E-state index is 13.7. The first-order chi connectivity index (χ1) is 31.8. The standard InChI is InChI=1S/C48H55N9O8S/c1-25(2)37(54-47(61)64-6)44(58)56-20-8-10-34(56)42-49-22-32(51-42)28-14-12-27(13-15-28)31-24-66-41-36(40(46(60)63-5)53-39(31)41)30-18-16-29(17-19-30)33-23-50-43(52-33)35-11-9-21-57(35)45(59)38(26(3)4)55-48(62)65-7/h12-19,22-26,34-35,37-38,53H,8-11,20-21H2,1-7H3,(H,49,51)(H,50,52)(H,54,61)(H,55,62)/t34-,35-,37?,38-/m0/s1. The van der Waals surface area contributed by atoms with E-state index in [2.05, 4.69) is 31.0 Å². The summed E-state index contributed by atoms with van der Waals surface area (Å²) in [4.78, 5) is 87.9. The molecular formula is C48H55N9O8S. The van der Waals surface area contributed by atoms with E-state index in [9.17, 15) is 24.0 Å². The number of methoxy groups -OCH3 is 3. The fourth-order valence-corrected chi connectivity index (χ4v) is 10.1. The minimum absolute atomic E-state index is 0.131. The van der Waals surface area contributed by atoms with E-state index in [0.717, 1.165) is 80.7 Å². The van der Waals surface area contributed by atoms with Crippen LogP contribution in [0, 0.1) is 11.8 Å². The Bertz CT molecular complexity index is 2730. The smallest absolute Gasteiger partial charge is 0.407 e. The molecule has 2 aromatic carbocycles. The number of aromatic amines is 3. The molecule has 346 valence electrons. The van der Waals surface area contributed by atoms with E-state index in [0.29, 0.717) is 30.4 Å². The number of fused-ring (bicyclic) bond motifs is 1. The average Bonchev–Trinajstić information content (AvgIpc) is 4.19. The van der Waals surface area contributed by atoms with Crippen molar-refractivity contribution in [2.24, 2.45) is 11.8 Å². The summed E-state index contributed by atoms with van der Waals surface area (Å²) in [5, 5.41) is 7.46. The molecule has 6 aromatic rings. The normalized spacial score (nSPS) is 17.0. The second-order valence-corrected chi connectivity index (χ2v) is 18.2. The van der Waals surface area contributed by atoms with Gasteiger partial charge in [0.2, 0.25) is 11.8 Å². The number of aromatic nitrogens is 5. The van der Waals surface area contributed by atoms with Gasteiger partial charge in [-0.3, -0.25) is 9.59 Å². The second-order valence-electron chi connectivity index (χ2n) is 17.3. The van der Waals surface area contributed by atoms with E-state index in [1.54, 1.807) is 16.0 Å². The summed E-state index contributed by atoms with van der Waals surface area (Å²) in [6.45, 7) is 8.67. The van der Waals surface area contributed by atoms with Gasteiger partial charge < -0.3 is 49.6 Å². The monoisotopic (exact) mass is 917 g/mol. The van der Waals surface area contributed by atoms with Crippen LogP contribution in [0.4, 0.5) is 9.59 Å². The number of hydrogen-bond acceptors (Lipinski definition) is 11. The topological polar surface area (TPSA) is 217 Å². The van der Waals surface area contributed by atoms with Crippen LogP contribution in [0.25, 0.3) is 55.0 Å². The molecule has 5 N–H and O–H groups in total. The molecular weight excluding hydrogens is 863 g/mol. The van der Waals surface area contributed by atoms with Gasteiger partial charge in [0.15, 0.2) is 0 Å². The Balaban J connectivity index is 0.999. The van der Waals surface area contributed by atoms with Crippen molar-refractivity contribution >= 4 is 51.5 Å². The number of nitrogens with one attached hydrogen (secondary N) is 5. The zero-order valence-corrected chi connectivity index (χ0v) is 38.8. The highest BCUT2D eigenvalue weighted by Crippen LogP contribution is 2.43. The Hall–Kier alpha value is -6.95. The first-order valence-electron chi connectivity index (χ1n) is 22.1. The summed E-state index contributed by atoms with van der Waals surface area (Å²) >= 11 is 1.54. The van der Waals surface area contributed by atoms with Crippen LogP contribution >= 0.6 is 11.3 Å². The Morgan fingerprint density at radius 3 is 1.82 bits per heavy atom. The molecule has 0 spiro atoms. The first-order valence-corrected chi connectivity index (χ1v) is 23.0. The largest absolute Gasteiger partial charge is 0.464 e. The molecule has 0 saturated carbocycles. The number of nitrogens with zero attached hydrogens (tertiary/aromatic N) is 4. The lowest BCUT2D eigenvalue weighted by atomic mass is 10.0. The fraction of sp³-hybridized carbons (Fsp3) is 0.396. The predicted octanol–water partition coefficient (Wildman–Crippen LogP) is 8.22. The van der Waals surface area contributed by atoms with E-state index in [1.165, 1.54) is 32.7 Å². The van der Waals surface area contributed by atoms with Crippen molar-refractivity contribution in [1.82, 2.24) is 45.4 Å². The summed E-state index contributed by atoms with van der Waals surface area (Å²) in [6, 6.07) is 14.0. The molecule has 2 aliphatic heterocycles. The van der Waals surface area contributed by atoms with E-state index in [-0.39, 0.29) is 35.7 Å². The van der Waals surface area contributed by atoms with E-state index >= 15 is 0 Å². The molecule has 2 saturated heterocycles. The molecule has 4 amide bonds. The number of likely N-dealkylation sites (tertiary alicyclic amines) is 2. The molecule has 17 nitrogen and oxygen atoms in total. The number of hydrogen-bond donors (Lipinski definition) is 5. The molecule has 4 atom stereocenters. The summed E-state index contributed by atoms with van der Waals surface area (Å²) in [5.41, 5.74) is 7.92. The number of carbonyl (C=O) groups is 5. The highest BCUT2D eigenvalue weighted by atomic mass is 32.1. The Kier molecular flexibility index (Phi) is 13.3. The molecule has 0 aliphatic carbocycles. The lowest BCUT2D eigenvalue weighted by Gasteiger charge is -2.30. The van der Waals surface area contributed by atoms with Gasteiger partial charge in [-0.15, -0.1) is 11.3 Å². The van der Waals surface area contributed by atoms with Gasteiger partial charge in [-0.25, -0.2) is 24.4 Å². The molecule has 18 heteroatoms. The number of imidazole rings is 2. The Morgan fingerprint density at radius 1 is 0.712 bits per heavy atom. The number of benzene rings is 2. The van der Waals surface area contributed by atoms with Crippen molar-refractivity contribution < 1.29 is 38.2 Å². The number of carbonyl (C=O) groups excluding carboxylic acids is 5. The molecule has 2 aliphatic rings. The zero-order valence-electron chi connectivity index (χ0n) is 38.0. The third-order valence-corrected chi connectivity index (χ3v) is 13.6. The van der Waals surface area contributed by atoms with Crippen LogP contribution in [0.15, 0.2) is 66.3 Å². The SMILES string of the molecule is COC(=O)NC(C(=O)N1CCC[C@H]1c1nc(-c2ccc(-c3csc4c(-c5ccc(-c6cnc([C@@H]7CCCN7C(=O)[C@@H](NC(=O)OC)C(C)C)[nH]6)cc5)c(C(=O)OC)[nH]c34)cc2)c[nH]1)C(C)C. The summed E-state index contributed by atoms with van der Waals surface area (Å²) in [7, 11) is 3.92. The highest BCUT2D eigenvalue weighted by molar-refractivity contribution is 7.18. The molecule has 0 radical (unpaired) electrons. The van der Waals surface area contributed by atoms with Crippen molar-refractivity contribution in [3.63, 3.8) is 0 Å². The summed E-state index contributed by atoms with van der Waals surface area (Å²) in [5.74, 6) is 0.272. The lowest BCUT2D eigenvalue weighted by molar-refractivity contribution is -0.136. The van der Waals surface area contributed by atoms with Crippen molar-refractivity contribution in [3.05, 3.63) is 83.6 Å². The molecule has 6 heterocycles. The number of H-pyrrole nitrogens is 3. The predicted molar refractivity (Wildman–Crippen MR) is 249 cm³/mol. The van der Waals surface area contributed by atoms with E-state index in [4.69, 9.17) is 24.2 Å². The van der Waals surface area contributed by atoms with Gasteiger partial charge in [0.1, 0.15) is 29.4 Å². The number of rotatable bonds is 13. The Labute approximate surface area is 386 Å². The van der Waals surface area contributed by atoms with Crippen LogP contribution in [0.3, 0.4) is 0 Å². The maximum Gasteiger partial charge on any atom is 0.407 e. The number of thiophene rings is 1. The third kappa shape index (κ3) is 8.88. The van der Waals surface area contributed by atoms with Gasteiger partial charge in [-0.2, -0.15) is 0 Å². The number of alkyl carbamates (subject to hydrolysis) is 2. The summed E-state index contributed by atoms with van der Waals surface area (Å²) < 4.78 is 15.7. The molecule has 0 bridgehead atoms. The van der Waals surface area contributed by atoms with Gasteiger partial charge in [-0.1, -0.05) is 76.2 Å².